The van der Waals surface area contributed by atoms with Crippen LogP contribution < -0.4 is 10.1 Å². The van der Waals surface area contributed by atoms with Crippen LogP contribution >= 0.6 is 15.9 Å². The van der Waals surface area contributed by atoms with Gasteiger partial charge < -0.3 is 10.1 Å². The molecule has 0 atom stereocenters. The van der Waals surface area contributed by atoms with Crippen molar-refractivity contribution in [2.75, 3.05) is 12.4 Å². The summed E-state index contributed by atoms with van der Waals surface area (Å²) in [5, 5.41) is 2.71. The van der Waals surface area contributed by atoms with E-state index < -0.39 is 0 Å². The van der Waals surface area contributed by atoms with E-state index in [1.54, 1.807) is 43.6 Å². The second-order valence-electron chi connectivity index (χ2n) is 3.54. The first kappa shape index (κ1) is 12.6. The van der Waals surface area contributed by atoms with Gasteiger partial charge in [-0.2, -0.15) is 0 Å². The molecular weight excluding hydrogens is 296 g/mol. The minimum atomic E-state index is -0.201. The average Bonchev–Trinajstić information content (AvgIpc) is 2.41. The molecule has 18 heavy (non-hydrogen) atoms. The lowest BCUT2D eigenvalue weighted by atomic mass is 10.2. The van der Waals surface area contributed by atoms with Crippen molar-refractivity contribution in [2.45, 2.75) is 0 Å². The number of hydrogen-bond acceptors (Lipinski definition) is 3. The van der Waals surface area contributed by atoms with E-state index in [2.05, 4.69) is 26.2 Å². The van der Waals surface area contributed by atoms with Crippen LogP contribution in [0.2, 0.25) is 0 Å². The van der Waals surface area contributed by atoms with Gasteiger partial charge in [0.2, 0.25) is 0 Å². The Labute approximate surface area is 113 Å². The number of nitrogens with zero attached hydrogens (tertiary/aromatic N) is 1. The predicted molar refractivity (Wildman–Crippen MR) is 72.9 cm³/mol. The third-order valence-corrected chi connectivity index (χ3v) is 2.79. The number of ether oxygens (including phenoxy) is 1. The predicted octanol–water partition coefficient (Wildman–Crippen LogP) is 3.11. The fourth-order valence-corrected chi connectivity index (χ4v) is 1.62. The van der Waals surface area contributed by atoms with Crippen LogP contribution in [0.25, 0.3) is 0 Å². The summed E-state index contributed by atoms with van der Waals surface area (Å²) in [6.07, 6.45) is 1.63. The topological polar surface area (TPSA) is 51.2 Å². The van der Waals surface area contributed by atoms with Gasteiger partial charge in [-0.25, -0.2) is 4.98 Å². The number of rotatable bonds is 3. The molecule has 0 unspecified atom stereocenters. The second-order valence-corrected chi connectivity index (χ2v) is 4.46. The number of carbonyl (C=O) groups is 1. The molecule has 2 rings (SSSR count). The molecule has 2 aromatic rings. The number of methoxy groups -OCH3 is 1. The molecule has 0 spiro atoms. The summed E-state index contributed by atoms with van der Waals surface area (Å²) in [6, 6.07) is 10.4. The first-order chi connectivity index (χ1) is 8.69. The van der Waals surface area contributed by atoms with Gasteiger partial charge in [-0.15, -0.1) is 0 Å². The van der Waals surface area contributed by atoms with Crippen LogP contribution in [0, 0.1) is 0 Å². The monoisotopic (exact) mass is 306 g/mol. The number of carbonyl (C=O) groups excluding carboxylic acids is 1. The van der Waals surface area contributed by atoms with Gasteiger partial charge in [-0.3, -0.25) is 4.79 Å². The van der Waals surface area contributed by atoms with Gasteiger partial charge in [0.15, 0.2) is 0 Å². The minimum Gasteiger partial charge on any atom is -0.497 e. The van der Waals surface area contributed by atoms with E-state index in [1.807, 2.05) is 6.07 Å². The van der Waals surface area contributed by atoms with E-state index in [-0.39, 0.29) is 5.91 Å². The van der Waals surface area contributed by atoms with E-state index in [9.17, 15) is 4.79 Å². The highest BCUT2D eigenvalue weighted by molar-refractivity contribution is 9.10. The normalized spacial score (nSPS) is 9.89. The van der Waals surface area contributed by atoms with Gasteiger partial charge in [0.05, 0.1) is 7.11 Å². The summed E-state index contributed by atoms with van der Waals surface area (Å²) < 4.78 is 5.90. The maximum atomic E-state index is 11.9. The summed E-state index contributed by atoms with van der Waals surface area (Å²) in [6.45, 7) is 0. The van der Waals surface area contributed by atoms with Crippen molar-refractivity contribution in [2.24, 2.45) is 0 Å². The molecular formula is C13H11BrN2O2. The number of amides is 1. The van der Waals surface area contributed by atoms with Gasteiger partial charge in [0.25, 0.3) is 5.91 Å². The standard InChI is InChI=1S/C13H11BrN2O2/c1-18-11-5-2-9(3-6-11)13(17)16-12-7-4-10(14)8-15-12/h2-8H,1H3,(H,15,16,17). The molecule has 0 fully saturated rings. The van der Waals surface area contributed by atoms with Gasteiger partial charge >= 0.3 is 0 Å². The van der Waals surface area contributed by atoms with Crippen molar-refractivity contribution >= 4 is 27.7 Å². The molecule has 1 N–H and O–H groups in total. The van der Waals surface area contributed by atoms with Crippen LogP contribution in [0.15, 0.2) is 47.1 Å². The number of aromatic nitrogens is 1. The Bertz CT molecular complexity index is 538. The maximum absolute atomic E-state index is 11.9. The summed E-state index contributed by atoms with van der Waals surface area (Å²) in [7, 11) is 1.58. The molecule has 1 heterocycles. The SMILES string of the molecule is COc1ccc(C(=O)Nc2ccc(Br)cn2)cc1. The second kappa shape index (κ2) is 5.64. The lowest BCUT2D eigenvalue weighted by Gasteiger charge is -2.05. The van der Waals surface area contributed by atoms with Gasteiger partial charge in [-0.05, 0) is 52.3 Å². The average molecular weight is 307 g/mol. The molecule has 0 radical (unpaired) electrons. The van der Waals surface area contributed by atoms with Gasteiger partial charge in [-0.1, -0.05) is 0 Å². The molecule has 0 bridgehead atoms. The summed E-state index contributed by atoms with van der Waals surface area (Å²) in [4.78, 5) is 16.0. The van der Waals surface area contributed by atoms with Crippen LogP contribution in [0.1, 0.15) is 10.4 Å². The fourth-order valence-electron chi connectivity index (χ4n) is 1.38. The van der Waals surface area contributed by atoms with Crippen molar-refractivity contribution in [1.82, 2.24) is 4.98 Å². The Morgan fingerprint density at radius 2 is 1.94 bits per heavy atom. The highest BCUT2D eigenvalue weighted by Crippen LogP contribution is 2.14. The summed E-state index contributed by atoms with van der Waals surface area (Å²) >= 11 is 3.28. The van der Waals surface area contributed by atoms with Crippen LogP contribution in [0.3, 0.4) is 0 Å². The lowest BCUT2D eigenvalue weighted by molar-refractivity contribution is 0.102. The summed E-state index contributed by atoms with van der Waals surface area (Å²) in [5.41, 5.74) is 0.556. The Kier molecular flexibility index (Phi) is 3.94. The smallest absolute Gasteiger partial charge is 0.256 e. The zero-order chi connectivity index (χ0) is 13.0. The van der Waals surface area contributed by atoms with Crippen molar-refractivity contribution in [3.63, 3.8) is 0 Å². The fraction of sp³-hybridized carbons (Fsp3) is 0.0769. The van der Waals surface area contributed by atoms with Crippen LogP contribution in [0.4, 0.5) is 5.82 Å². The molecule has 4 nitrogen and oxygen atoms in total. The number of benzene rings is 1. The van der Waals surface area contributed by atoms with Crippen LogP contribution in [-0.2, 0) is 0 Å². The van der Waals surface area contributed by atoms with E-state index in [4.69, 9.17) is 4.74 Å². The number of halogens is 1. The Balaban J connectivity index is 2.09. The zero-order valence-electron chi connectivity index (χ0n) is 9.68. The minimum absolute atomic E-state index is 0.201. The Morgan fingerprint density at radius 1 is 1.22 bits per heavy atom. The van der Waals surface area contributed by atoms with E-state index in [1.165, 1.54) is 0 Å². The van der Waals surface area contributed by atoms with Gasteiger partial charge in [0.1, 0.15) is 11.6 Å². The largest absolute Gasteiger partial charge is 0.497 e. The van der Waals surface area contributed by atoms with Crippen molar-refractivity contribution in [3.05, 3.63) is 52.6 Å². The number of anilines is 1. The molecule has 92 valence electrons. The van der Waals surface area contributed by atoms with E-state index in [0.29, 0.717) is 17.1 Å². The highest BCUT2D eigenvalue weighted by Gasteiger charge is 2.06. The number of hydrogen-bond donors (Lipinski definition) is 1. The van der Waals surface area contributed by atoms with Crippen molar-refractivity contribution < 1.29 is 9.53 Å². The third-order valence-electron chi connectivity index (χ3n) is 2.32. The maximum Gasteiger partial charge on any atom is 0.256 e. The third kappa shape index (κ3) is 3.07. The Hall–Kier alpha value is -1.88. The van der Waals surface area contributed by atoms with E-state index >= 15 is 0 Å². The molecule has 1 aromatic heterocycles. The molecule has 0 saturated carbocycles. The van der Waals surface area contributed by atoms with Crippen molar-refractivity contribution in [1.29, 1.82) is 0 Å². The van der Waals surface area contributed by atoms with Crippen LogP contribution in [-0.4, -0.2) is 18.0 Å². The number of pyridine rings is 1. The lowest BCUT2D eigenvalue weighted by Crippen LogP contribution is -2.12. The van der Waals surface area contributed by atoms with Crippen LogP contribution in [0.5, 0.6) is 5.75 Å². The Morgan fingerprint density at radius 3 is 2.50 bits per heavy atom. The summed E-state index contributed by atoms with van der Waals surface area (Å²) in [5.74, 6) is 1.03. The highest BCUT2D eigenvalue weighted by atomic mass is 79.9. The molecule has 1 amide bonds. The molecule has 0 aliphatic rings. The van der Waals surface area contributed by atoms with Crippen molar-refractivity contribution in [3.8, 4) is 5.75 Å². The first-order valence-corrected chi connectivity index (χ1v) is 6.05. The molecule has 0 aliphatic carbocycles. The molecule has 5 heteroatoms. The van der Waals surface area contributed by atoms with Gasteiger partial charge in [0, 0.05) is 16.2 Å². The molecule has 0 aliphatic heterocycles. The zero-order valence-corrected chi connectivity index (χ0v) is 11.3. The van der Waals surface area contributed by atoms with E-state index in [0.717, 1.165) is 4.47 Å². The quantitative estimate of drug-likeness (QED) is 0.948. The number of nitrogens with one attached hydrogen (secondary N) is 1. The molecule has 0 saturated heterocycles. The molecule has 1 aromatic carbocycles. The first-order valence-electron chi connectivity index (χ1n) is 5.26.